The van der Waals surface area contributed by atoms with Crippen molar-refractivity contribution in [3.05, 3.63) is 71.4 Å². The third-order valence-electron chi connectivity index (χ3n) is 4.53. The molecule has 0 atom stereocenters. The molecule has 4 rings (SSSR count). The second-order valence-electron chi connectivity index (χ2n) is 6.41. The van der Waals surface area contributed by atoms with Gasteiger partial charge in [0.05, 0.1) is 4.90 Å². The second kappa shape index (κ2) is 8.55. The summed E-state index contributed by atoms with van der Waals surface area (Å²) < 4.78 is 70.4. The maximum Gasteiger partial charge on any atom is 0.341 e. The van der Waals surface area contributed by atoms with Crippen LogP contribution in [0.3, 0.4) is 0 Å². The van der Waals surface area contributed by atoms with Crippen LogP contribution in [0.5, 0.6) is 5.75 Å². The van der Waals surface area contributed by atoms with Crippen molar-refractivity contribution in [2.24, 2.45) is 0 Å². The molecule has 0 aromatic heterocycles. The van der Waals surface area contributed by atoms with Gasteiger partial charge in [-0.25, -0.2) is 8.42 Å². The van der Waals surface area contributed by atoms with Gasteiger partial charge in [-0.15, -0.1) is 0 Å². The van der Waals surface area contributed by atoms with Crippen LogP contribution in [0.1, 0.15) is 0 Å². The first kappa shape index (κ1) is 23.4. The highest BCUT2D eigenvalue weighted by molar-refractivity contribution is 14.1. The molecule has 4 aromatic rings. The van der Waals surface area contributed by atoms with E-state index in [0.717, 1.165) is 3.57 Å². The van der Waals surface area contributed by atoms with Crippen molar-refractivity contribution in [3.63, 3.8) is 0 Å². The zero-order valence-electron chi connectivity index (χ0n) is 15.2. The van der Waals surface area contributed by atoms with Crippen LogP contribution in [0.15, 0.2) is 70.5 Å². The fourth-order valence-electron chi connectivity index (χ4n) is 3.30. The molecule has 0 aliphatic carbocycles. The molecular formula is C20H10I3O6S2-. The monoisotopic (exact) mass is 791 g/mol. The molecule has 0 spiro atoms. The van der Waals surface area contributed by atoms with E-state index in [4.69, 9.17) is 4.18 Å². The predicted molar refractivity (Wildman–Crippen MR) is 142 cm³/mol. The van der Waals surface area contributed by atoms with Gasteiger partial charge in [0.1, 0.15) is 15.0 Å². The van der Waals surface area contributed by atoms with Crippen LogP contribution in [0, 0.1) is 10.7 Å². The normalized spacial score (nSPS) is 12.4. The fraction of sp³-hybridized carbons (Fsp3) is 0. The van der Waals surface area contributed by atoms with Gasteiger partial charge < -0.3 is 8.74 Å². The molecule has 0 amide bonds. The molecule has 6 nitrogen and oxygen atoms in total. The molecule has 0 saturated carbocycles. The summed E-state index contributed by atoms with van der Waals surface area (Å²) in [4.78, 5) is -0.365. The van der Waals surface area contributed by atoms with Gasteiger partial charge in [0, 0.05) is 32.3 Å². The van der Waals surface area contributed by atoms with E-state index >= 15 is 0 Å². The standard InChI is InChI=1S/C20H11I3O6S2/c21-15-9-10-16(22)20(17(15)23)31(27,28)29-18-11-5-1-3-7-13(11)19(30(24,25)26)14-8-4-2-6-12(14)18/h1-10H,(H,24,25,26)/p-1. The van der Waals surface area contributed by atoms with E-state index in [-0.39, 0.29) is 32.2 Å². The SMILES string of the molecule is O=S(=O)([O-])c1c2ccccc2c(OS(=O)(=O)c2c(I)ccc(I)c2I)c2ccccc12. The molecule has 0 heterocycles. The molecule has 0 radical (unpaired) electrons. The maximum atomic E-state index is 13.3. The minimum atomic E-state index is -4.85. The van der Waals surface area contributed by atoms with Crippen molar-refractivity contribution >= 4 is 110 Å². The second-order valence-corrected chi connectivity index (χ2v) is 12.6. The summed E-state index contributed by atoms with van der Waals surface area (Å²) in [6, 6.07) is 15.9. The largest absolute Gasteiger partial charge is 0.744 e. The Morgan fingerprint density at radius 3 is 1.58 bits per heavy atom. The van der Waals surface area contributed by atoms with E-state index in [2.05, 4.69) is 0 Å². The van der Waals surface area contributed by atoms with Crippen LogP contribution in [0.4, 0.5) is 0 Å². The van der Waals surface area contributed by atoms with Gasteiger partial charge in [-0.3, -0.25) is 0 Å². The van der Waals surface area contributed by atoms with Crippen LogP contribution >= 0.6 is 67.8 Å². The Morgan fingerprint density at radius 2 is 1.10 bits per heavy atom. The van der Waals surface area contributed by atoms with E-state index in [0.29, 0.717) is 7.14 Å². The van der Waals surface area contributed by atoms with Crippen LogP contribution in [-0.2, 0) is 20.2 Å². The molecular weight excluding hydrogens is 781 g/mol. The lowest BCUT2D eigenvalue weighted by atomic mass is 10.0. The van der Waals surface area contributed by atoms with E-state index in [9.17, 15) is 21.4 Å². The summed E-state index contributed by atoms with van der Waals surface area (Å²) in [5.74, 6) is -0.0240. The number of halogens is 3. The Morgan fingerprint density at radius 1 is 0.645 bits per heavy atom. The Hall–Kier alpha value is -0.750. The van der Waals surface area contributed by atoms with Gasteiger partial charge in [-0.1, -0.05) is 48.5 Å². The predicted octanol–water partition coefficient (Wildman–Crippen LogP) is 5.48. The first-order valence-corrected chi connectivity index (χ1v) is 14.5. The van der Waals surface area contributed by atoms with Crippen LogP contribution in [0.2, 0.25) is 0 Å². The quantitative estimate of drug-likeness (QED) is 0.0894. The Kier molecular flexibility index (Phi) is 6.46. The van der Waals surface area contributed by atoms with Gasteiger partial charge >= 0.3 is 10.1 Å². The first-order valence-electron chi connectivity index (χ1n) is 8.49. The number of fused-ring (bicyclic) bond motifs is 2. The molecule has 0 N–H and O–H groups in total. The number of hydrogen-bond acceptors (Lipinski definition) is 6. The highest BCUT2D eigenvalue weighted by Gasteiger charge is 2.28. The lowest BCUT2D eigenvalue weighted by Crippen LogP contribution is -2.15. The van der Waals surface area contributed by atoms with Gasteiger partial charge in [-0.05, 0) is 79.9 Å². The highest BCUT2D eigenvalue weighted by Crippen LogP contribution is 2.42. The summed E-state index contributed by atoms with van der Waals surface area (Å²) in [6.07, 6.45) is 0. The molecule has 0 fully saturated rings. The van der Waals surface area contributed by atoms with Crippen LogP contribution in [-0.4, -0.2) is 21.4 Å². The summed E-state index contributed by atoms with van der Waals surface area (Å²) >= 11 is 5.94. The lowest BCUT2D eigenvalue weighted by molar-refractivity contribution is 0.465. The molecule has 0 saturated heterocycles. The maximum absolute atomic E-state index is 13.3. The van der Waals surface area contributed by atoms with Crippen molar-refractivity contribution in [2.75, 3.05) is 0 Å². The van der Waals surface area contributed by atoms with Crippen molar-refractivity contribution < 1.29 is 25.6 Å². The van der Waals surface area contributed by atoms with Crippen LogP contribution < -0.4 is 4.18 Å². The minimum Gasteiger partial charge on any atom is -0.744 e. The average molecular weight is 791 g/mol. The summed E-state index contributed by atoms with van der Waals surface area (Å²) in [7, 11) is -9.12. The summed E-state index contributed by atoms with van der Waals surface area (Å²) in [5.41, 5.74) is 0. The highest BCUT2D eigenvalue weighted by atomic mass is 127. The number of rotatable bonds is 4. The smallest absolute Gasteiger partial charge is 0.341 e. The topological polar surface area (TPSA) is 101 Å². The number of hydrogen-bond donors (Lipinski definition) is 0. The van der Waals surface area contributed by atoms with E-state index < -0.39 is 25.1 Å². The molecule has 0 aliphatic heterocycles. The van der Waals surface area contributed by atoms with Gasteiger partial charge in [0.15, 0.2) is 5.75 Å². The molecule has 0 bridgehead atoms. The zero-order chi connectivity index (χ0) is 22.6. The average Bonchev–Trinajstić information content (AvgIpc) is 2.69. The molecule has 31 heavy (non-hydrogen) atoms. The van der Waals surface area contributed by atoms with Crippen molar-refractivity contribution in [2.45, 2.75) is 9.79 Å². The Balaban J connectivity index is 2.09. The Labute approximate surface area is 219 Å². The van der Waals surface area contributed by atoms with Crippen molar-refractivity contribution in [1.29, 1.82) is 0 Å². The third-order valence-corrected chi connectivity index (χ3v) is 11.5. The summed E-state index contributed by atoms with van der Waals surface area (Å²) in [5, 5.41) is 0.645. The molecule has 0 unspecified atom stereocenters. The van der Waals surface area contributed by atoms with Crippen molar-refractivity contribution in [3.8, 4) is 5.75 Å². The zero-order valence-corrected chi connectivity index (χ0v) is 23.3. The third kappa shape index (κ3) is 4.28. The van der Waals surface area contributed by atoms with Gasteiger partial charge in [-0.2, -0.15) is 8.42 Å². The van der Waals surface area contributed by atoms with Gasteiger partial charge in [0.2, 0.25) is 0 Å². The molecule has 11 heteroatoms. The number of benzene rings is 4. The van der Waals surface area contributed by atoms with Gasteiger partial charge in [0.25, 0.3) is 0 Å². The summed E-state index contributed by atoms with van der Waals surface area (Å²) in [6.45, 7) is 0. The minimum absolute atomic E-state index is 0.0240. The van der Waals surface area contributed by atoms with E-state index in [1.54, 1.807) is 30.3 Å². The molecule has 160 valence electrons. The van der Waals surface area contributed by atoms with Crippen LogP contribution in [0.25, 0.3) is 21.5 Å². The first-order chi connectivity index (χ1) is 14.5. The lowest BCUT2D eigenvalue weighted by Gasteiger charge is -2.19. The van der Waals surface area contributed by atoms with E-state index in [1.165, 1.54) is 24.3 Å². The fourth-order valence-corrected chi connectivity index (χ4v) is 9.00. The molecule has 0 aliphatic rings. The van der Waals surface area contributed by atoms with Crippen molar-refractivity contribution in [1.82, 2.24) is 0 Å². The Bertz CT molecular complexity index is 1530. The molecule has 4 aromatic carbocycles. The van der Waals surface area contributed by atoms with E-state index in [1.807, 2.05) is 73.8 Å².